The van der Waals surface area contributed by atoms with Crippen LogP contribution in [0.4, 0.5) is 0 Å². The molecule has 1 rings (SSSR count). The largest absolute Gasteiger partial charge is 0.299 e. The number of nitroso groups, excluding NO2 is 1. The summed E-state index contributed by atoms with van der Waals surface area (Å²) in [4.78, 5) is 22.8. The Hall–Kier alpha value is -0.730. The van der Waals surface area contributed by atoms with E-state index >= 15 is 0 Å². The third-order valence-electron chi connectivity index (χ3n) is 4.10. The van der Waals surface area contributed by atoms with E-state index in [9.17, 15) is 9.70 Å². The molecule has 1 aliphatic carbocycles. The van der Waals surface area contributed by atoms with E-state index < -0.39 is 0 Å². The summed E-state index contributed by atoms with van der Waals surface area (Å²) >= 11 is 0. The van der Waals surface area contributed by atoms with Crippen LogP contribution in [0.5, 0.6) is 0 Å². The van der Waals surface area contributed by atoms with Crippen molar-refractivity contribution < 1.29 is 4.79 Å². The van der Waals surface area contributed by atoms with Crippen molar-refractivity contribution in [3.63, 3.8) is 0 Å². The molecular weight excluding hydrogens is 226 g/mol. The van der Waals surface area contributed by atoms with Gasteiger partial charge in [0.15, 0.2) is 0 Å². The Morgan fingerprint density at radius 3 is 2.00 bits per heavy atom. The zero-order valence-electron chi connectivity index (χ0n) is 11.7. The zero-order chi connectivity index (χ0) is 13.2. The number of ketones is 1. The standard InChI is InChI=1S/C15H27NO2/c1-13(16-18)14-11-9-7-5-3-2-4-6-8-10-12-15(14)17/h13-14H,2-12H2,1H3. The van der Waals surface area contributed by atoms with E-state index in [1.807, 2.05) is 0 Å². The summed E-state index contributed by atoms with van der Waals surface area (Å²) < 4.78 is 0. The molecule has 0 bridgehead atoms. The summed E-state index contributed by atoms with van der Waals surface area (Å²) in [5.41, 5.74) is 0. The monoisotopic (exact) mass is 253 g/mol. The molecule has 0 heterocycles. The fourth-order valence-corrected chi connectivity index (χ4v) is 2.83. The molecule has 0 aromatic heterocycles. The first-order valence-electron chi connectivity index (χ1n) is 7.61. The SMILES string of the molecule is CC(N=O)C1CCCCCCCCCCCC1=O. The van der Waals surface area contributed by atoms with Gasteiger partial charge in [0.1, 0.15) is 5.78 Å². The predicted molar refractivity (Wildman–Crippen MR) is 74.5 cm³/mol. The normalized spacial score (nSPS) is 26.5. The molecule has 3 heteroatoms. The second-order valence-corrected chi connectivity index (χ2v) is 5.64. The minimum Gasteiger partial charge on any atom is -0.299 e. The van der Waals surface area contributed by atoms with E-state index in [0.717, 1.165) is 25.7 Å². The molecule has 3 nitrogen and oxygen atoms in total. The van der Waals surface area contributed by atoms with Gasteiger partial charge < -0.3 is 0 Å². The fraction of sp³-hybridized carbons (Fsp3) is 0.933. The summed E-state index contributed by atoms with van der Waals surface area (Å²) in [6.07, 6.45) is 12.4. The number of carbonyl (C=O) groups is 1. The smallest absolute Gasteiger partial charge is 0.138 e. The lowest BCUT2D eigenvalue weighted by Crippen LogP contribution is -2.24. The molecule has 0 aromatic carbocycles. The minimum absolute atomic E-state index is 0.122. The first kappa shape index (κ1) is 15.3. The molecule has 104 valence electrons. The van der Waals surface area contributed by atoms with Crippen molar-refractivity contribution in [2.75, 3.05) is 0 Å². The average molecular weight is 253 g/mol. The van der Waals surface area contributed by atoms with Gasteiger partial charge in [-0.25, -0.2) is 0 Å². The van der Waals surface area contributed by atoms with Gasteiger partial charge in [0.2, 0.25) is 0 Å². The van der Waals surface area contributed by atoms with E-state index in [2.05, 4.69) is 5.18 Å². The van der Waals surface area contributed by atoms with Gasteiger partial charge in [0.05, 0.1) is 6.04 Å². The molecule has 0 aromatic rings. The molecule has 1 saturated carbocycles. The fourth-order valence-electron chi connectivity index (χ4n) is 2.83. The van der Waals surface area contributed by atoms with E-state index in [0.29, 0.717) is 6.42 Å². The van der Waals surface area contributed by atoms with Crippen LogP contribution in [0, 0.1) is 10.8 Å². The van der Waals surface area contributed by atoms with Crippen LogP contribution in [0.25, 0.3) is 0 Å². The zero-order valence-corrected chi connectivity index (χ0v) is 11.7. The molecule has 0 aliphatic heterocycles. The molecule has 2 atom stereocenters. The lowest BCUT2D eigenvalue weighted by molar-refractivity contribution is -0.123. The molecule has 0 amide bonds. The maximum absolute atomic E-state index is 12.1. The molecule has 1 fully saturated rings. The highest BCUT2D eigenvalue weighted by Gasteiger charge is 2.24. The van der Waals surface area contributed by atoms with Gasteiger partial charge in [-0.3, -0.25) is 4.79 Å². The molecule has 0 saturated heterocycles. The van der Waals surface area contributed by atoms with Crippen molar-refractivity contribution in [3.8, 4) is 0 Å². The van der Waals surface area contributed by atoms with Crippen molar-refractivity contribution in [2.45, 2.75) is 83.6 Å². The molecule has 2 unspecified atom stereocenters. The lowest BCUT2D eigenvalue weighted by Gasteiger charge is -2.17. The number of nitrogens with zero attached hydrogens (tertiary/aromatic N) is 1. The quantitative estimate of drug-likeness (QED) is 0.673. The van der Waals surface area contributed by atoms with Crippen LogP contribution in [-0.4, -0.2) is 11.8 Å². The Balaban J connectivity index is 2.50. The van der Waals surface area contributed by atoms with Crippen molar-refractivity contribution in [1.82, 2.24) is 0 Å². The van der Waals surface area contributed by atoms with Gasteiger partial charge in [0, 0.05) is 12.3 Å². The van der Waals surface area contributed by atoms with Crippen LogP contribution < -0.4 is 0 Å². The van der Waals surface area contributed by atoms with E-state index in [4.69, 9.17) is 0 Å². The summed E-state index contributed by atoms with van der Waals surface area (Å²) in [5.74, 6) is 0.143. The molecule has 18 heavy (non-hydrogen) atoms. The molecule has 0 spiro atoms. The highest BCUT2D eigenvalue weighted by molar-refractivity contribution is 5.81. The third kappa shape index (κ3) is 5.74. The average Bonchev–Trinajstić information content (AvgIpc) is 2.40. The Morgan fingerprint density at radius 2 is 1.44 bits per heavy atom. The summed E-state index contributed by atoms with van der Waals surface area (Å²) in [5, 5.41) is 3.08. The van der Waals surface area contributed by atoms with E-state index in [-0.39, 0.29) is 17.7 Å². The van der Waals surface area contributed by atoms with Gasteiger partial charge >= 0.3 is 0 Å². The van der Waals surface area contributed by atoms with Gasteiger partial charge in [-0.2, -0.15) is 4.91 Å². The molecular formula is C15H27NO2. The van der Waals surface area contributed by atoms with Gasteiger partial charge in [0.25, 0.3) is 0 Å². The first-order valence-corrected chi connectivity index (χ1v) is 7.61. The van der Waals surface area contributed by atoms with E-state index in [1.165, 1.54) is 38.5 Å². The Labute approximate surface area is 111 Å². The van der Waals surface area contributed by atoms with Crippen molar-refractivity contribution >= 4 is 5.78 Å². The Morgan fingerprint density at radius 1 is 0.944 bits per heavy atom. The summed E-state index contributed by atoms with van der Waals surface area (Å²) in [7, 11) is 0. The van der Waals surface area contributed by atoms with E-state index in [1.54, 1.807) is 6.92 Å². The first-order chi connectivity index (χ1) is 8.75. The second-order valence-electron chi connectivity index (χ2n) is 5.64. The lowest BCUT2D eigenvalue weighted by atomic mass is 9.88. The van der Waals surface area contributed by atoms with Crippen LogP contribution in [0.3, 0.4) is 0 Å². The van der Waals surface area contributed by atoms with Crippen LogP contribution >= 0.6 is 0 Å². The highest BCUT2D eigenvalue weighted by atomic mass is 16.3. The van der Waals surface area contributed by atoms with Gasteiger partial charge in [-0.15, -0.1) is 0 Å². The number of Topliss-reactive ketones (excluding diaryl/α,β-unsaturated/α-hetero) is 1. The van der Waals surface area contributed by atoms with Crippen LogP contribution in [0.2, 0.25) is 0 Å². The number of hydrogen-bond acceptors (Lipinski definition) is 3. The Kier molecular flexibility index (Phi) is 7.86. The second kappa shape index (κ2) is 9.23. The van der Waals surface area contributed by atoms with Crippen LogP contribution in [-0.2, 0) is 4.79 Å². The van der Waals surface area contributed by atoms with Crippen molar-refractivity contribution in [1.29, 1.82) is 0 Å². The van der Waals surface area contributed by atoms with Gasteiger partial charge in [-0.1, -0.05) is 56.5 Å². The maximum atomic E-state index is 12.1. The maximum Gasteiger partial charge on any atom is 0.138 e. The molecule has 0 radical (unpaired) electrons. The van der Waals surface area contributed by atoms with Crippen LogP contribution in [0.1, 0.15) is 77.6 Å². The number of carbonyl (C=O) groups excluding carboxylic acids is 1. The van der Waals surface area contributed by atoms with Crippen molar-refractivity contribution in [3.05, 3.63) is 4.91 Å². The van der Waals surface area contributed by atoms with Crippen molar-refractivity contribution in [2.24, 2.45) is 11.1 Å². The predicted octanol–water partition coefficient (Wildman–Crippen LogP) is 4.63. The Bertz CT molecular complexity index is 253. The number of rotatable bonds is 2. The third-order valence-corrected chi connectivity index (χ3v) is 4.10. The molecule has 1 aliphatic rings. The summed E-state index contributed by atoms with van der Waals surface area (Å²) in [6, 6.07) is -0.345. The minimum atomic E-state index is -0.345. The topological polar surface area (TPSA) is 46.5 Å². The molecule has 0 N–H and O–H groups in total. The van der Waals surface area contributed by atoms with Crippen LogP contribution in [0.15, 0.2) is 5.18 Å². The number of hydrogen-bond donors (Lipinski definition) is 0. The summed E-state index contributed by atoms with van der Waals surface area (Å²) in [6.45, 7) is 1.79. The highest BCUT2D eigenvalue weighted by Crippen LogP contribution is 2.22. The van der Waals surface area contributed by atoms with Gasteiger partial charge in [-0.05, 0) is 19.8 Å².